The molecule has 0 aliphatic rings. The molecular formula is C16H23N5O. The Kier molecular flexibility index (Phi) is 5.66. The van der Waals surface area contributed by atoms with Crippen molar-refractivity contribution >= 4 is 5.91 Å². The Morgan fingerprint density at radius 2 is 2.05 bits per heavy atom. The number of nitrogens with one attached hydrogen (secondary N) is 1. The van der Waals surface area contributed by atoms with E-state index in [9.17, 15) is 4.79 Å². The Bertz CT molecular complexity index is 594. The molecule has 0 bridgehead atoms. The van der Waals surface area contributed by atoms with Crippen molar-refractivity contribution in [2.24, 2.45) is 11.7 Å². The first-order valence-corrected chi connectivity index (χ1v) is 7.55. The molecule has 118 valence electrons. The Morgan fingerprint density at radius 1 is 1.32 bits per heavy atom. The summed E-state index contributed by atoms with van der Waals surface area (Å²) in [6.45, 7) is 5.42. The summed E-state index contributed by atoms with van der Waals surface area (Å²) in [4.78, 5) is 12.0. The Morgan fingerprint density at radius 3 is 2.73 bits per heavy atom. The summed E-state index contributed by atoms with van der Waals surface area (Å²) in [7, 11) is 0. The topological polar surface area (TPSA) is 85.8 Å². The van der Waals surface area contributed by atoms with Gasteiger partial charge in [0.25, 0.3) is 5.91 Å². The molecule has 2 rings (SSSR count). The third-order valence-corrected chi connectivity index (χ3v) is 3.42. The molecule has 0 fully saturated rings. The van der Waals surface area contributed by atoms with E-state index in [1.807, 2.05) is 30.3 Å². The van der Waals surface area contributed by atoms with Crippen LogP contribution in [0.5, 0.6) is 0 Å². The maximum absolute atomic E-state index is 12.0. The van der Waals surface area contributed by atoms with Crippen molar-refractivity contribution in [3.05, 3.63) is 47.8 Å². The lowest BCUT2D eigenvalue weighted by atomic mass is 10.1. The van der Waals surface area contributed by atoms with E-state index < -0.39 is 0 Å². The molecule has 1 aromatic heterocycles. The Hall–Kier alpha value is -2.21. The number of benzene rings is 1. The fourth-order valence-corrected chi connectivity index (χ4v) is 2.01. The first kappa shape index (κ1) is 16.2. The van der Waals surface area contributed by atoms with Crippen LogP contribution >= 0.6 is 0 Å². The maximum Gasteiger partial charge on any atom is 0.273 e. The molecule has 1 aromatic carbocycles. The van der Waals surface area contributed by atoms with Gasteiger partial charge in [-0.3, -0.25) is 9.48 Å². The quantitative estimate of drug-likeness (QED) is 0.816. The second-order valence-corrected chi connectivity index (χ2v) is 5.78. The number of hydrogen-bond acceptors (Lipinski definition) is 4. The van der Waals surface area contributed by atoms with Crippen LogP contribution in [-0.4, -0.2) is 27.4 Å². The van der Waals surface area contributed by atoms with Crippen LogP contribution in [0.4, 0.5) is 0 Å². The van der Waals surface area contributed by atoms with Gasteiger partial charge >= 0.3 is 0 Å². The highest BCUT2D eigenvalue weighted by molar-refractivity contribution is 5.91. The SMILES string of the molecule is CC(C)CCn1cc(C(=O)NCC(N)c2ccccc2)nn1. The molecule has 0 spiro atoms. The molecule has 6 heteroatoms. The summed E-state index contributed by atoms with van der Waals surface area (Å²) in [5.41, 5.74) is 7.36. The molecule has 3 N–H and O–H groups in total. The van der Waals surface area contributed by atoms with E-state index in [2.05, 4.69) is 29.5 Å². The number of aryl methyl sites for hydroxylation is 1. The Balaban J connectivity index is 1.84. The first-order chi connectivity index (χ1) is 10.6. The monoisotopic (exact) mass is 301 g/mol. The van der Waals surface area contributed by atoms with E-state index in [1.54, 1.807) is 10.9 Å². The van der Waals surface area contributed by atoms with Gasteiger partial charge in [-0.15, -0.1) is 5.10 Å². The third kappa shape index (κ3) is 4.66. The lowest BCUT2D eigenvalue weighted by molar-refractivity contribution is 0.0946. The zero-order valence-electron chi connectivity index (χ0n) is 13.1. The van der Waals surface area contributed by atoms with Crippen molar-refractivity contribution in [1.82, 2.24) is 20.3 Å². The van der Waals surface area contributed by atoms with Crippen molar-refractivity contribution in [3.63, 3.8) is 0 Å². The average Bonchev–Trinajstić information content (AvgIpc) is 3.00. The fourth-order valence-electron chi connectivity index (χ4n) is 2.01. The van der Waals surface area contributed by atoms with Crippen molar-refractivity contribution in [2.45, 2.75) is 32.9 Å². The zero-order valence-corrected chi connectivity index (χ0v) is 13.1. The van der Waals surface area contributed by atoms with Crippen molar-refractivity contribution < 1.29 is 4.79 Å². The van der Waals surface area contributed by atoms with Gasteiger partial charge in [-0.1, -0.05) is 49.4 Å². The van der Waals surface area contributed by atoms with Crippen LogP contribution < -0.4 is 11.1 Å². The van der Waals surface area contributed by atoms with Gasteiger partial charge in [-0.05, 0) is 17.9 Å². The van der Waals surface area contributed by atoms with Gasteiger partial charge in [0, 0.05) is 19.1 Å². The smallest absolute Gasteiger partial charge is 0.273 e. The highest BCUT2D eigenvalue weighted by Crippen LogP contribution is 2.08. The maximum atomic E-state index is 12.0. The van der Waals surface area contributed by atoms with Gasteiger partial charge in [-0.2, -0.15) is 0 Å². The number of aromatic nitrogens is 3. The number of amides is 1. The number of nitrogens with zero attached hydrogens (tertiary/aromatic N) is 3. The molecule has 1 amide bonds. The summed E-state index contributed by atoms with van der Waals surface area (Å²) >= 11 is 0. The minimum Gasteiger partial charge on any atom is -0.349 e. The van der Waals surface area contributed by atoms with Crippen LogP contribution in [0.25, 0.3) is 0 Å². The minimum atomic E-state index is -0.248. The largest absolute Gasteiger partial charge is 0.349 e. The van der Waals surface area contributed by atoms with Crippen LogP contribution in [-0.2, 0) is 6.54 Å². The lowest BCUT2D eigenvalue weighted by Gasteiger charge is -2.12. The highest BCUT2D eigenvalue weighted by Gasteiger charge is 2.13. The molecular weight excluding hydrogens is 278 g/mol. The molecule has 1 unspecified atom stereocenters. The normalized spacial score (nSPS) is 12.4. The molecule has 1 heterocycles. The zero-order chi connectivity index (χ0) is 15.9. The van der Waals surface area contributed by atoms with E-state index in [4.69, 9.17) is 5.73 Å². The van der Waals surface area contributed by atoms with Crippen LogP contribution in [0, 0.1) is 5.92 Å². The molecule has 2 aromatic rings. The predicted molar refractivity (Wildman–Crippen MR) is 85.2 cm³/mol. The Labute approximate surface area is 130 Å². The second-order valence-electron chi connectivity index (χ2n) is 5.78. The van der Waals surface area contributed by atoms with Crippen molar-refractivity contribution in [2.75, 3.05) is 6.54 Å². The molecule has 0 saturated heterocycles. The average molecular weight is 301 g/mol. The van der Waals surface area contributed by atoms with Gasteiger partial charge in [0.15, 0.2) is 5.69 Å². The van der Waals surface area contributed by atoms with Crippen LogP contribution in [0.1, 0.15) is 42.4 Å². The van der Waals surface area contributed by atoms with Crippen LogP contribution in [0.2, 0.25) is 0 Å². The summed E-state index contributed by atoms with van der Waals surface area (Å²) in [5, 5.41) is 10.7. The van der Waals surface area contributed by atoms with Crippen LogP contribution in [0.15, 0.2) is 36.5 Å². The molecule has 22 heavy (non-hydrogen) atoms. The van der Waals surface area contributed by atoms with E-state index >= 15 is 0 Å². The molecule has 0 aliphatic heterocycles. The molecule has 0 radical (unpaired) electrons. The number of hydrogen-bond donors (Lipinski definition) is 2. The van der Waals surface area contributed by atoms with Gasteiger partial charge < -0.3 is 11.1 Å². The summed E-state index contributed by atoms with van der Waals surface area (Å²) in [5.74, 6) is 0.340. The van der Waals surface area contributed by atoms with Crippen molar-refractivity contribution in [1.29, 1.82) is 0 Å². The third-order valence-electron chi connectivity index (χ3n) is 3.42. The van der Waals surface area contributed by atoms with E-state index in [0.717, 1.165) is 18.5 Å². The molecule has 0 aliphatic carbocycles. The van der Waals surface area contributed by atoms with E-state index in [0.29, 0.717) is 18.2 Å². The number of carbonyl (C=O) groups is 1. The van der Waals surface area contributed by atoms with Crippen LogP contribution in [0.3, 0.4) is 0 Å². The predicted octanol–water partition coefficient (Wildman–Crippen LogP) is 1.75. The van der Waals surface area contributed by atoms with Gasteiger partial charge in [0.1, 0.15) is 0 Å². The van der Waals surface area contributed by atoms with Crippen molar-refractivity contribution in [3.8, 4) is 0 Å². The molecule has 0 saturated carbocycles. The van der Waals surface area contributed by atoms with Gasteiger partial charge in [0.05, 0.1) is 6.20 Å². The van der Waals surface area contributed by atoms with E-state index in [1.165, 1.54) is 0 Å². The summed E-state index contributed by atoms with van der Waals surface area (Å²) in [6.07, 6.45) is 2.68. The summed E-state index contributed by atoms with van der Waals surface area (Å²) < 4.78 is 1.70. The fraction of sp³-hybridized carbons (Fsp3) is 0.438. The summed E-state index contributed by atoms with van der Waals surface area (Å²) in [6, 6.07) is 9.44. The number of carbonyl (C=O) groups excluding carboxylic acids is 1. The number of nitrogens with two attached hydrogens (primary N) is 1. The van der Waals surface area contributed by atoms with Gasteiger partial charge in [-0.25, -0.2) is 0 Å². The van der Waals surface area contributed by atoms with Gasteiger partial charge in [0.2, 0.25) is 0 Å². The lowest BCUT2D eigenvalue weighted by Crippen LogP contribution is -2.32. The first-order valence-electron chi connectivity index (χ1n) is 7.55. The van der Waals surface area contributed by atoms with E-state index in [-0.39, 0.29) is 11.9 Å². The highest BCUT2D eigenvalue weighted by atomic mass is 16.2. The molecule has 1 atom stereocenters. The molecule has 6 nitrogen and oxygen atoms in total. The standard InChI is InChI=1S/C16H23N5O/c1-12(2)8-9-21-11-15(19-20-21)16(22)18-10-14(17)13-6-4-3-5-7-13/h3-7,11-12,14H,8-10,17H2,1-2H3,(H,18,22). The number of rotatable bonds is 7. The minimum absolute atomic E-state index is 0.235. The second kappa shape index (κ2) is 7.70.